The Morgan fingerprint density at radius 2 is 1.85 bits per heavy atom. The van der Waals surface area contributed by atoms with Gasteiger partial charge in [-0.15, -0.1) is 0 Å². The molecule has 41 heavy (non-hydrogen) atoms. The zero-order valence-corrected chi connectivity index (χ0v) is 26.8. The predicted octanol–water partition coefficient (Wildman–Crippen LogP) is 7.56. The van der Waals surface area contributed by atoms with Crippen LogP contribution in [0.1, 0.15) is 68.6 Å². The summed E-state index contributed by atoms with van der Waals surface area (Å²) in [7, 11) is 0. The maximum absolute atomic E-state index is 12.8. The highest BCUT2D eigenvalue weighted by Crippen LogP contribution is 2.34. The van der Waals surface area contributed by atoms with Gasteiger partial charge in [0.15, 0.2) is 0 Å². The van der Waals surface area contributed by atoms with Gasteiger partial charge in [0.1, 0.15) is 20.4 Å². The first-order chi connectivity index (χ1) is 19.3. The molecule has 5 rings (SSSR count). The minimum atomic E-state index is -1.09. The number of aromatic carboxylic acids is 1. The molecule has 7 nitrogen and oxygen atoms in total. The van der Waals surface area contributed by atoms with E-state index in [1.54, 1.807) is 23.1 Å². The highest BCUT2D eigenvalue weighted by Gasteiger charge is 2.32. The number of hydrogen-bond acceptors (Lipinski definition) is 7. The Kier molecular flexibility index (Phi) is 9.89. The standard InChI is InChI=1S/C22H15BrN2O4S2.C9H19N/c23-19-16(21(27)28)10-14(12-24-19)17-7-6-15(29-17)11-18-20(26)25(22(30)31-18)9-8-13-4-2-1-3-5-13;1-8(2)6-5-7-9(3,4)10-8/h1-7,10-12H,8-9H2,(H,27,28);10H,5-7H2,1-4H3/b18-11-;. The second-order valence-corrected chi connectivity index (χ2v) is 13.8. The molecule has 2 aliphatic heterocycles. The van der Waals surface area contributed by atoms with Crippen molar-refractivity contribution in [2.75, 3.05) is 6.54 Å². The van der Waals surface area contributed by atoms with Crippen LogP contribution in [-0.4, -0.2) is 48.8 Å². The normalized spacial score (nSPS) is 18.8. The number of halogens is 1. The highest BCUT2D eigenvalue weighted by atomic mass is 79.9. The van der Waals surface area contributed by atoms with E-state index in [2.05, 4.69) is 53.9 Å². The SMILES string of the molecule is CC1(C)CCCC(C)(C)N1.O=C(O)c1cc(-c2ccc(/C=C3\SC(=S)N(CCc4ccccc4)C3=O)o2)cnc1Br. The van der Waals surface area contributed by atoms with Crippen molar-refractivity contribution < 1.29 is 19.1 Å². The molecule has 2 saturated heterocycles. The van der Waals surface area contributed by atoms with Gasteiger partial charge in [-0.3, -0.25) is 9.69 Å². The summed E-state index contributed by atoms with van der Waals surface area (Å²) >= 11 is 9.75. The van der Waals surface area contributed by atoms with Crippen molar-refractivity contribution in [3.05, 3.63) is 81.1 Å². The number of furan rings is 1. The average Bonchev–Trinajstić information content (AvgIpc) is 3.46. The van der Waals surface area contributed by atoms with Gasteiger partial charge < -0.3 is 14.8 Å². The quantitative estimate of drug-likeness (QED) is 0.160. The molecule has 2 N–H and O–H groups in total. The number of thiocarbonyl (C=S) groups is 1. The Morgan fingerprint density at radius 3 is 2.46 bits per heavy atom. The number of pyridine rings is 1. The van der Waals surface area contributed by atoms with Crippen molar-refractivity contribution >= 4 is 62.2 Å². The number of thioether (sulfide) groups is 1. The molecule has 0 bridgehead atoms. The van der Waals surface area contributed by atoms with Crippen molar-refractivity contribution in [1.29, 1.82) is 0 Å². The summed E-state index contributed by atoms with van der Waals surface area (Å²) in [6.45, 7) is 9.65. The fraction of sp³-hybridized carbons (Fsp3) is 0.355. The minimum Gasteiger partial charge on any atom is -0.478 e. The van der Waals surface area contributed by atoms with Gasteiger partial charge in [0, 0.05) is 35.5 Å². The smallest absolute Gasteiger partial charge is 0.338 e. The summed E-state index contributed by atoms with van der Waals surface area (Å²) in [4.78, 5) is 30.2. The Balaban J connectivity index is 0.000000328. The van der Waals surface area contributed by atoms with Crippen molar-refractivity contribution in [2.45, 2.75) is 64.5 Å². The number of carbonyl (C=O) groups excluding carboxylic acids is 1. The van der Waals surface area contributed by atoms with E-state index in [0.717, 1.165) is 5.56 Å². The molecule has 2 aliphatic rings. The number of nitrogens with zero attached hydrogens (tertiary/aromatic N) is 2. The van der Waals surface area contributed by atoms with E-state index in [1.165, 1.54) is 43.3 Å². The molecule has 0 aliphatic carbocycles. The number of rotatable bonds is 6. The topological polar surface area (TPSA) is 95.7 Å². The van der Waals surface area contributed by atoms with E-state index >= 15 is 0 Å². The number of carboxylic acid groups (broad SMARTS) is 1. The number of carboxylic acids is 1. The summed E-state index contributed by atoms with van der Waals surface area (Å²) in [5.41, 5.74) is 2.43. The molecule has 0 spiro atoms. The number of hydrogen-bond donors (Lipinski definition) is 2. The second kappa shape index (κ2) is 13.0. The first-order valence-corrected chi connectivity index (χ1v) is 15.4. The van der Waals surface area contributed by atoms with E-state index in [1.807, 2.05) is 30.3 Å². The Bertz CT molecular complexity index is 1450. The lowest BCUT2D eigenvalue weighted by Crippen LogP contribution is -2.55. The van der Waals surface area contributed by atoms with Crippen LogP contribution in [0.2, 0.25) is 0 Å². The fourth-order valence-corrected chi connectivity index (χ4v) is 6.71. The molecule has 0 radical (unpaired) electrons. The molecule has 2 aromatic heterocycles. The molecule has 1 amide bonds. The minimum absolute atomic E-state index is 0.0368. The average molecular weight is 657 g/mol. The molecule has 216 valence electrons. The molecule has 1 aromatic carbocycles. The van der Waals surface area contributed by atoms with E-state index < -0.39 is 5.97 Å². The van der Waals surface area contributed by atoms with Crippen LogP contribution in [0, 0.1) is 0 Å². The number of carbonyl (C=O) groups is 2. The molecule has 10 heteroatoms. The largest absolute Gasteiger partial charge is 0.478 e. The number of piperidine rings is 1. The third-order valence-corrected chi connectivity index (χ3v) is 8.88. The van der Waals surface area contributed by atoms with Crippen molar-refractivity contribution in [2.24, 2.45) is 0 Å². The van der Waals surface area contributed by atoms with Crippen LogP contribution in [0.5, 0.6) is 0 Å². The highest BCUT2D eigenvalue weighted by molar-refractivity contribution is 9.10. The summed E-state index contributed by atoms with van der Waals surface area (Å²) in [6.07, 6.45) is 7.88. The van der Waals surface area contributed by atoms with Crippen LogP contribution in [0.15, 0.2) is 68.7 Å². The third kappa shape index (κ3) is 8.38. The van der Waals surface area contributed by atoms with E-state index in [-0.39, 0.29) is 16.1 Å². The molecule has 0 atom stereocenters. The Hall–Kier alpha value is -2.79. The summed E-state index contributed by atoms with van der Waals surface area (Å²) < 4.78 is 6.56. The van der Waals surface area contributed by atoms with E-state index in [9.17, 15) is 14.7 Å². The van der Waals surface area contributed by atoms with Gasteiger partial charge in [-0.05, 0) is 93.1 Å². The zero-order valence-electron chi connectivity index (χ0n) is 23.6. The van der Waals surface area contributed by atoms with Gasteiger partial charge in [-0.2, -0.15) is 0 Å². The number of benzene rings is 1. The number of aromatic nitrogens is 1. The van der Waals surface area contributed by atoms with Gasteiger partial charge >= 0.3 is 5.97 Å². The van der Waals surface area contributed by atoms with Crippen molar-refractivity contribution in [1.82, 2.24) is 15.2 Å². The van der Waals surface area contributed by atoms with Crippen LogP contribution < -0.4 is 5.32 Å². The van der Waals surface area contributed by atoms with Crippen molar-refractivity contribution in [3.63, 3.8) is 0 Å². The molecule has 0 saturated carbocycles. The van der Waals surface area contributed by atoms with Crippen molar-refractivity contribution in [3.8, 4) is 11.3 Å². The third-order valence-electron chi connectivity index (χ3n) is 6.87. The lowest BCUT2D eigenvalue weighted by Gasteiger charge is -2.42. The van der Waals surface area contributed by atoms with Gasteiger partial charge in [0.25, 0.3) is 5.91 Å². The first-order valence-electron chi connectivity index (χ1n) is 13.4. The van der Waals surface area contributed by atoms with Crippen LogP contribution >= 0.6 is 39.9 Å². The molecule has 0 unspecified atom stereocenters. The maximum Gasteiger partial charge on any atom is 0.338 e. The van der Waals surface area contributed by atoms with Crippen LogP contribution in [-0.2, 0) is 11.2 Å². The fourth-order valence-electron chi connectivity index (χ4n) is 5.04. The molecular formula is C31H34BrN3O4S2. The van der Waals surface area contributed by atoms with Gasteiger partial charge in [-0.1, -0.05) is 54.3 Å². The molecule has 2 fully saturated rings. The summed E-state index contributed by atoms with van der Waals surface area (Å²) in [5.74, 6) is -0.318. The van der Waals surface area contributed by atoms with Gasteiger partial charge in [-0.25, -0.2) is 9.78 Å². The number of nitrogens with one attached hydrogen (secondary N) is 1. The van der Waals surface area contributed by atoms with Crippen LogP contribution in [0.3, 0.4) is 0 Å². The number of amides is 1. The summed E-state index contributed by atoms with van der Waals surface area (Å²) in [5, 5.41) is 12.9. The van der Waals surface area contributed by atoms with E-state index in [4.69, 9.17) is 16.6 Å². The Labute approximate surface area is 258 Å². The van der Waals surface area contributed by atoms with Gasteiger partial charge in [0.05, 0.1) is 10.5 Å². The van der Waals surface area contributed by atoms with Crippen LogP contribution in [0.4, 0.5) is 0 Å². The molecule has 3 aromatic rings. The molecular weight excluding hydrogens is 622 g/mol. The predicted molar refractivity (Wildman–Crippen MR) is 172 cm³/mol. The lowest BCUT2D eigenvalue weighted by molar-refractivity contribution is -0.122. The zero-order chi connectivity index (χ0) is 29.8. The maximum atomic E-state index is 12.8. The van der Waals surface area contributed by atoms with Crippen LogP contribution in [0.25, 0.3) is 17.4 Å². The van der Waals surface area contributed by atoms with E-state index in [0.29, 0.717) is 50.4 Å². The lowest BCUT2D eigenvalue weighted by atomic mass is 9.83. The van der Waals surface area contributed by atoms with Gasteiger partial charge in [0.2, 0.25) is 0 Å². The molecule has 4 heterocycles. The summed E-state index contributed by atoms with van der Waals surface area (Å²) in [6, 6.07) is 14.8. The first kappa shape index (κ1) is 31.2. The second-order valence-electron chi connectivity index (χ2n) is 11.4. The Morgan fingerprint density at radius 1 is 1.17 bits per heavy atom. The monoisotopic (exact) mass is 655 g/mol.